The minimum Gasteiger partial charge on any atom is -0.444 e. The zero-order chi connectivity index (χ0) is 15.9. The molecule has 0 radical (unpaired) electrons. The van der Waals surface area contributed by atoms with Crippen LogP contribution in [-0.4, -0.2) is 24.6 Å². The number of nitrogens with one attached hydrogen (secondary N) is 2. The van der Waals surface area contributed by atoms with Gasteiger partial charge in [0, 0.05) is 13.5 Å². The topological polar surface area (TPSA) is 67.4 Å². The highest BCUT2D eigenvalue weighted by molar-refractivity contribution is 5.75. The molecule has 2 N–H and O–H groups in total. The molecule has 1 atom stereocenters. The summed E-state index contributed by atoms with van der Waals surface area (Å²) >= 11 is 0. The number of hydrogen-bond donors (Lipinski definition) is 2. The molecule has 0 aliphatic rings. The van der Waals surface area contributed by atoms with Crippen molar-refractivity contribution in [2.24, 2.45) is 0 Å². The number of carbonyl (C=O) groups excluding carboxylic acids is 2. The molecule has 5 heteroatoms. The van der Waals surface area contributed by atoms with Crippen molar-refractivity contribution < 1.29 is 14.3 Å². The molecule has 1 aromatic rings. The molecular weight excluding hydrogens is 268 g/mol. The van der Waals surface area contributed by atoms with Crippen molar-refractivity contribution in [1.29, 1.82) is 0 Å². The van der Waals surface area contributed by atoms with Crippen LogP contribution in [0, 0.1) is 0 Å². The van der Waals surface area contributed by atoms with Gasteiger partial charge in [0.25, 0.3) is 0 Å². The third-order valence-electron chi connectivity index (χ3n) is 2.83. The fourth-order valence-electron chi connectivity index (χ4n) is 1.86. The fourth-order valence-corrected chi connectivity index (χ4v) is 1.86. The molecule has 21 heavy (non-hydrogen) atoms. The van der Waals surface area contributed by atoms with E-state index in [4.69, 9.17) is 4.74 Å². The van der Waals surface area contributed by atoms with Crippen LogP contribution in [0.3, 0.4) is 0 Å². The Morgan fingerprint density at radius 3 is 2.33 bits per heavy atom. The summed E-state index contributed by atoms with van der Waals surface area (Å²) in [7, 11) is 1.60. The monoisotopic (exact) mass is 292 g/mol. The van der Waals surface area contributed by atoms with E-state index in [1.165, 1.54) is 0 Å². The maximum atomic E-state index is 11.9. The lowest BCUT2D eigenvalue weighted by atomic mass is 10.0. The van der Waals surface area contributed by atoms with Gasteiger partial charge in [0.15, 0.2) is 0 Å². The lowest BCUT2D eigenvalue weighted by molar-refractivity contribution is -0.120. The lowest BCUT2D eigenvalue weighted by Gasteiger charge is -2.24. The quantitative estimate of drug-likeness (QED) is 0.877. The van der Waals surface area contributed by atoms with Gasteiger partial charge >= 0.3 is 6.09 Å². The summed E-state index contributed by atoms with van der Waals surface area (Å²) in [6, 6.07) is 9.31. The van der Waals surface area contributed by atoms with Crippen LogP contribution in [0.1, 0.15) is 45.2 Å². The Hall–Kier alpha value is -2.04. The average Bonchev–Trinajstić information content (AvgIpc) is 2.42. The Labute approximate surface area is 126 Å². The van der Waals surface area contributed by atoms with E-state index in [1.54, 1.807) is 7.05 Å². The van der Waals surface area contributed by atoms with Crippen LogP contribution in [0.2, 0.25) is 0 Å². The molecule has 0 saturated heterocycles. The molecule has 0 aliphatic carbocycles. The second kappa shape index (κ2) is 7.67. The van der Waals surface area contributed by atoms with Crippen molar-refractivity contribution in [1.82, 2.24) is 10.6 Å². The summed E-state index contributed by atoms with van der Waals surface area (Å²) in [5, 5.41) is 5.41. The molecule has 0 spiro atoms. The number of carbonyl (C=O) groups is 2. The predicted molar refractivity (Wildman–Crippen MR) is 81.9 cm³/mol. The van der Waals surface area contributed by atoms with E-state index in [-0.39, 0.29) is 11.9 Å². The number of amides is 2. The maximum Gasteiger partial charge on any atom is 0.408 e. The number of hydrogen-bond acceptors (Lipinski definition) is 3. The highest BCUT2D eigenvalue weighted by Gasteiger charge is 2.20. The van der Waals surface area contributed by atoms with Crippen molar-refractivity contribution in [2.75, 3.05) is 7.05 Å². The number of benzene rings is 1. The van der Waals surface area contributed by atoms with Crippen LogP contribution in [0.15, 0.2) is 30.3 Å². The summed E-state index contributed by atoms with van der Waals surface area (Å²) in [6.07, 6.45) is 0.377. The van der Waals surface area contributed by atoms with Gasteiger partial charge in [0.2, 0.25) is 5.91 Å². The van der Waals surface area contributed by atoms with Gasteiger partial charge in [-0.05, 0) is 32.8 Å². The van der Waals surface area contributed by atoms with Gasteiger partial charge in [-0.25, -0.2) is 4.79 Å². The minimum absolute atomic E-state index is 0.0538. The zero-order valence-electron chi connectivity index (χ0n) is 13.1. The molecule has 0 aliphatic heterocycles. The smallest absolute Gasteiger partial charge is 0.408 e. The Bertz CT molecular complexity index is 466. The van der Waals surface area contributed by atoms with Crippen molar-refractivity contribution in [2.45, 2.75) is 45.3 Å². The lowest BCUT2D eigenvalue weighted by Crippen LogP contribution is -2.35. The first-order valence-corrected chi connectivity index (χ1v) is 7.07. The molecule has 0 bridgehead atoms. The van der Waals surface area contributed by atoms with Crippen LogP contribution < -0.4 is 10.6 Å². The number of alkyl carbamates (subject to hydrolysis) is 1. The molecule has 2 amide bonds. The van der Waals surface area contributed by atoms with Crippen molar-refractivity contribution in [3.05, 3.63) is 35.9 Å². The highest BCUT2D eigenvalue weighted by atomic mass is 16.6. The van der Waals surface area contributed by atoms with Crippen molar-refractivity contribution in [3.8, 4) is 0 Å². The van der Waals surface area contributed by atoms with E-state index in [9.17, 15) is 9.59 Å². The molecule has 1 rings (SSSR count). The normalized spacial score (nSPS) is 12.4. The first-order chi connectivity index (χ1) is 9.81. The van der Waals surface area contributed by atoms with E-state index < -0.39 is 11.7 Å². The second-order valence-corrected chi connectivity index (χ2v) is 5.82. The molecule has 5 nitrogen and oxygen atoms in total. The van der Waals surface area contributed by atoms with Crippen molar-refractivity contribution in [3.63, 3.8) is 0 Å². The molecule has 0 heterocycles. The van der Waals surface area contributed by atoms with Gasteiger partial charge in [-0.1, -0.05) is 30.3 Å². The first kappa shape index (κ1) is 17.0. The zero-order valence-corrected chi connectivity index (χ0v) is 13.1. The molecule has 0 aromatic heterocycles. The van der Waals surface area contributed by atoms with Crippen molar-refractivity contribution >= 4 is 12.0 Å². The Morgan fingerprint density at radius 2 is 1.81 bits per heavy atom. The van der Waals surface area contributed by atoms with Gasteiger partial charge in [-0.15, -0.1) is 0 Å². The molecule has 0 saturated carbocycles. The highest BCUT2D eigenvalue weighted by Crippen LogP contribution is 2.19. The van der Waals surface area contributed by atoms with Crippen LogP contribution in [0.25, 0.3) is 0 Å². The van der Waals surface area contributed by atoms with E-state index in [2.05, 4.69) is 10.6 Å². The van der Waals surface area contributed by atoms with Crippen LogP contribution in [0.5, 0.6) is 0 Å². The third kappa shape index (κ3) is 6.79. The average molecular weight is 292 g/mol. The van der Waals surface area contributed by atoms with Gasteiger partial charge in [0.05, 0.1) is 6.04 Å². The molecule has 116 valence electrons. The largest absolute Gasteiger partial charge is 0.444 e. The van der Waals surface area contributed by atoms with Crippen LogP contribution in [0.4, 0.5) is 4.79 Å². The SMILES string of the molecule is CNC(=O)CC[C@@H](NC(=O)OC(C)(C)C)c1ccccc1. The third-order valence-corrected chi connectivity index (χ3v) is 2.83. The van der Waals surface area contributed by atoms with Crippen LogP contribution in [-0.2, 0) is 9.53 Å². The van der Waals surface area contributed by atoms with Gasteiger partial charge in [-0.3, -0.25) is 4.79 Å². The van der Waals surface area contributed by atoms with E-state index >= 15 is 0 Å². The molecule has 0 fully saturated rings. The molecule has 1 aromatic carbocycles. The van der Waals surface area contributed by atoms with E-state index in [0.29, 0.717) is 12.8 Å². The Kier molecular flexibility index (Phi) is 6.21. The van der Waals surface area contributed by atoms with Gasteiger partial charge < -0.3 is 15.4 Å². The summed E-state index contributed by atoms with van der Waals surface area (Å²) in [6.45, 7) is 5.44. The number of ether oxygens (including phenoxy) is 1. The summed E-state index contributed by atoms with van der Waals surface area (Å²) in [4.78, 5) is 23.3. The summed E-state index contributed by atoms with van der Waals surface area (Å²) in [5.41, 5.74) is 0.402. The van der Waals surface area contributed by atoms with Gasteiger partial charge in [0.1, 0.15) is 5.60 Å². The molecule has 0 unspecified atom stereocenters. The molecular formula is C16H24N2O3. The van der Waals surface area contributed by atoms with Gasteiger partial charge in [-0.2, -0.15) is 0 Å². The Balaban J connectivity index is 2.73. The number of rotatable bonds is 5. The van der Waals surface area contributed by atoms with E-state index in [0.717, 1.165) is 5.56 Å². The first-order valence-electron chi connectivity index (χ1n) is 7.07. The minimum atomic E-state index is -0.549. The Morgan fingerprint density at radius 1 is 1.19 bits per heavy atom. The standard InChI is InChI=1S/C16H24N2O3/c1-16(2,3)21-15(20)18-13(10-11-14(19)17-4)12-8-6-5-7-9-12/h5-9,13H,10-11H2,1-4H3,(H,17,19)(H,18,20)/t13-/m1/s1. The summed E-state index contributed by atoms with van der Waals surface area (Å²) in [5.74, 6) is -0.0538. The fraction of sp³-hybridized carbons (Fsp3) is 0.500. The van der Waals surface area contributed by atoms with E-state index in [1.807, 2.05) is 51.1 Å². The predicted octanol–water partition coefficient (Wildman–Crippen LogP) is 2.78. The summed E-state index contributed by atoms with van der Waals surface area (Å²) < 4.78 is 5.27. The second-order valence-electron chi connectivity index (χ2n) is 5.82. The van der Waals surface area contributed by atoms with Crippen LogP contribution >= 0.6 is 0 Å². The maximum absolute atomic E-state index is 11.9.